The van der Waals surface area contributed by atoms with Crippen molar-refractivity contribution in [3.63, 3.8) is 0 Å². The highest BCUT2D eigenvalue weighted by atomic mass is 32.2. The van der Waals surface area contributed by atoms with E-state index in [1.54, 1.807) is 0 Å². The summed E-state index contributed by atoms with van der Waals surface area (Å²) >= 11 is 1.88. The van der Waals surface area contributed by atoms with E-state index in [0.717, 1.165) is 17.1 Å². The summed E-state index contributed by atoms with van der Waals surface area (Å²) in [4.78, 5) is 5.06. The summed E-state index contributed by atoms with van der Waals surface area (Å²) in [7, 11) is 0. The lowest BCUT2D eigenvalue weighted by atomic mass is 9.82. The monoisotopic (exact) mass is 669 g/mol. The maximum absolute atomic E-state index is 2.41. The van der Waals surface area contributed by atoms with E-state index in [2.05, 4.69) is 195 Å². The summed E-state index contributed by atoms with van der Waals surface area (Å²) in [5.74, 6) is 0. The molecule has 1 aliphatic carbocycles. The van der Waals surface area contributed by atoms with E-state index in [0.29, 0.717) is 0 Å². The van der Waals surface area contributed by atoms with Crippen molar-refractivity contribution in [1.82, 2.24) is 0 Å². The molecule has 8 aromatic carbocycles. The van der Waals surface area contributed by atoms with Gasteiger partial charge in [0.2, 0.25) is 0 Å². The molecule has 0 spiro atoms. The Labute approximate surface area is 303 Å². The van der Waals surface area contributed by atoms with Crippen LogP contribution in [0.15, 0.2) is 186 Å². The smallest absolute Gasteiger partial charge is 0.0467 e. The molecule has 0 radical (unpaired) electrons. The second-order valence-corrected chi connectivity index (χ2v) is 15.3. The van der Waals surface area contributed by atoms with Gasteiger partial charge in [-0.1, -0.05) is 147 Å². The van der Waals surface area contributed by atoms with E-state index in [-0.39, 0.29) is 5.41 Å². The molecular formula is C49H35NS. The van der Waals surface area contributed by atoms with Crippen LogP contribution in [-0.2, 0) is 5.41 Å². The van der Waals surface area contributed by atoms with Crippen molar-refractivity contribution < 1.29 is 0 Å². The number of hydrogen-bond donors (Lipinski definition) is 0. The fraction of sp³-hybridized carbons (Fsp3) is 0.0612. The molecule has 1 nitrogen and oxygen atoms in total. The van der Waals surface area contributed by atoms with Crippen LogP contribution in [-0.4, -0.2) is 0 Å². The van der Waals surface area contributed by atoms with Gasteiger partial charge in [-0.15, -0.1) is 0 Å². The Morgan fingerprint density at radius 1 is 0.392 bits per heavy atom. The lowest BCUT2D eigenvalue weighted by Crippen LogP contribution is -2.16. The van der Waals surface area contributed by atoms with Gasteiger partial charge in [-0.05, 0) is 116 Å². The Balaban J connectivity index is 1.08. The summed E-state index contributed by atoms with van der Waals surface area (Å²) in [6, 6.07) is 64.9. The summed E-state index contributed by atoms with van der Waals surface area (Å²) in [6.45, 7) is 4.71. The highest BCUT2D eigenvalue weighted by molar-refractivity contribution is 7.99. The number of benzene rings is 8. The molecule has 0 atom stereocenters. The summed E-state index contributed by atoms with van der Waals surface area (Å²) in [5.41, 5.74) is 16.2. The second kappa shape index (κ2) is 11.6. The lowest BCUT2D eigenvalue weighted by Gasteiger charge is -2.28. The average molecular weight is 670 g/mol. The molecule has 0 fully saturated rings. The summed E-state index contributed by atoms with van der Waals surface area (Å²) < 4.78 is 0. The summed E-state index contributed by atoms with van der Waals surface area (Å²) in [5, 5.41) is 2.66. The van der Waals surface area contributed by atoms with Crippen molar-refractivity contribution in [2.45, 2.75) is 29.1 Å². The topological polar surface area (TPSA) is 3.24 Å². The van der Waals surface area contributed by atoms with E-state index in [1.807, 2.05) is 11.8 Å². The third kappa shape index (κ3) is 4.86. The third-order valence-electron chi connectivity index (χ3n) is 10.9. The molecule has 2 aliphatic rings. The highest BCUT2D eigenvalue weighted by Gasteiger charge is 2.35. The van der Waals surface area contributed by atoms with Gasteiger partial charge in [0.1, 0.15) is 0 Å². The highest BCUT2D eigenvalue weighted by Crippen LogP contribution is 2.51. The van der Waals surface area contributed by atoms with Crippen LogP contribution >= 0.6 is 11.8 Å². The molecule has 0 saturated heterocycles. The molecule has 0 saturated carbocycles. The second-order valence-electron chi connectivity index (χ2n) is 14.2. The molecular weight excluding hydrogens is 635 g/mol. The van der Waals surface area contributed by atoms with E-state index < -0.39 is 0 Å². The van der Waals surface area contributed by atoms with Gasteiger partial charge in [-0.25, -0.2) is 0 Å². The van der Waals surface area contributed by atoms with E-state index in [4.69, 9.17) is 0 Å². The number of fused-ring (bicyclic) bond motifs is 5. The Morgan fingerprint density at radius 2 is 1.02 bits per heavy atom. The lowest BCUT2D eigenvalue weighted by molar-refractivity contribution is 0.660. The average Bonchev–Trinajstić information content (AvgIpc) is 3.41. The molecule has 1 aliphatic heterocycles. The van der Waals surface area contributed by atoms with Gasteiger partial charge in [0.05, 0.1) is 0 Å². The first-order chi connectivity index (χ1) is 25.0. The van der Waals surface area contributed by atoms with Gasteiger partial charge >= 0.3 is 0 Å². The van der Waals surface area contributed by atoms with Crippen molar-refractivity contribution >= 4 is 39.6 Å². The van der Waals surface area contributed by atoms with Crippen LogP contribution in [0.2, 0.25) is 0 Å². The number of anilines is 3. The molecule has 2 heteroatoms. The predicted molar refractivity (Wildman–Crippen MR) is 217 cm³/mol. The van der Waals surface area contributed by atoms with Crippen LogP contribution in [0.4, 0.5) is 17.1 Å². The van der Waals surface area contributed by atoms with Crippen molar-refractivity contribution in [2.24, 2.45) is 0 Å². The van der Waals surface area contributed by atoms with Crippen molar-refractivity contribution in [2.75, 3.05) is 4.90 Å². The minimum atomic E-state index is -0.0844. The van der Waals surface area contributed by atoms with Crippen LogP contribution in [0, 0.1) is 0 Å². The van der Waals surface area contributed by atoms with Crippen LogP contribution in [0.25, 0.3) is 55.3 Å². The Kier molecular flexibility index (Phi) is 6.84. The molecule has 0 aromatic heterocycles. The SMILES string of the molecule is CC1(C)c2ccccc2-c2ccc(N(c3ccc(-c4ccc5c(c4)-c4cccc6cccc(c46)S5)cc3)c3cccc(-c4ccccc4)c3)cc21. The van der Waals surface area contributed by atoms with Gasteiger partial charge in [-0.2, -0.15) is 0 Å². The molecule has 0 amide bonds. The minimum Gasteiger partial charge on any atom is -0.310 e. The quantitative estimate of drug-likeness (QED) is 0.179. The van der Waals surface area contributed by atoms with Crippen LogP contribution in [0.5, 0.6) is 0 Å². The van der Waals surface area contributed by atoms with Crippen molar-refractivity contribution in [3.8, 4) is 44.5 Å². The van der Waals surface area contributed by atoms with Gasteiger partial charge in [0.15, 0.2) is 0 Å². The molecule has 1 heterocycles. The first-order valence-corrected chi connectivity index (χ1v) is 18.5. The molecule has 51 heavy (non-hydrogen) atoms. The van der Waals surface area contributed by atoms with Gasteiger partial charge in [0.25, 0.3) is 0 Å². The third-order valence-corrected chi connectivity index (χ3v) is 12.0. The zero-order valence-corrected chi connectivity index (χ0v) is 29.4. The largest absolute Gasteiger partial charge is 0.310 e. The fourth-order valence-corrected chi connectivity index (χ4v) is 9.41. The normalized spacial score (nSPS) is 13.4. The predicted octanol–water partition coefficient (Wildman–Crippen LogP) is 14.1. The Morgan fingerprint density at radius 3 is 1.88 bits per heavy atom. The standard InChI is InChI=1S/C49H35NS/c1-49(2)44-19-7-6-17-40(44)41-27-26-39(31-45(41)49)50(38-16-8-15-35(29-38)32-11-4-3-5-12-32)37-24-21-33(22-25-37)36-23-28-46-43(30-36)42-18-9-13-34-14-10-20-47(51-46)48(34)42/h3-31H,1-2H3. The van der Waals surface area contributed by atoms with Crippen LogP contribution in [0.3, 0.4) is 0 Å². The molecule has 242 valence electrons. The fourth-order valence-electron chi connectivity index (χ4n) is 8.28. The molecule has 8 aromatic rings. The van der Waals surface area contributed by atoms with Crippen LogP contribution < -0.4 is 4.90 Å². The first kappa shape index (κ1) is 30.0. The summed E-state index contributed by atoms with van der Waals surface area (Å²) in [6.07, 6.45) is 0. The molecule has 0 unspecified atom stereocenters. The zero-order chi connectivity index (χ0) is 34.1. The van der Waals surface area contributed by atoms with E-state index in [1.165, 1.54) is 76.2 Å². The van der Waals surface area contributed by atoms with Gasteiger partial charge < -0.3 is 4.90 Å². The van der Waals surface area contributed by atoms with Gasteiger partial charge in [-0.3, -0.25) is 0 Å². The van der Waals surface area contributed by atoms with Crippen molar-refractivity contribution in [1.29, 1.82) is 0 Å². The Hall–Kier alpha value is -5.83. The maximum Gasteiger partial charge on any atom is 0.0467 e. The molecule has 0 bridgehead atoms. The first-order valence-electron chi connectivity index (χ1n) is 17.7. The Bertz CT molecular complexity index is 2630. The molecule has 10 rings (SSSR count). The zero-order valence-electron chi connectivity index (χ0n) is 28.6. The number of hydrogen-bond acceptors (Lipinski definition) is 2. The number of rotatable bonds is 5. The maximum atomic E-state index is 2.41. The van der Waals surface area contributed by atoms with E-state index in [9.17, 15) is 0 Å². The minimum absolute atomic E-state index is 0.0844. The van der Waals surface area contributed by atoms with E-state index >= 15 is 0 Å². The number of nitrogens with zero attached hydrogens (tertiary/aromatic N) is 1. The van der Waals surface area contributed by atoms with Crippen molar-refractivity contribution in [3.05, 3.63) is 187 Å². The van der Waals surface area contributed by atoms with Gasteiger partial charge in [0, 0.05) is 37.7 Å². The van der Waals surface area contributed by atoms with Crippen LogP contribution in [0.1, 0.15) is 25.0 Å². The molecule has 0 N–H and O–H groups in total.